The van der Waals surface area contributed by atoms with Gasteiger partial charge < -0.3 is 10.2 Å². The SMILES string of the molecule is C[C@H](C(=O)NCCN(C)Cc1ccccc1)C1CCN(S(=O)(=O)c2ccc(Cl)s2)CC1. The average Bonchev–Trinajstić information content (AvgIpc) is 3.21. The summed E-state index contributed by atoms with van der Waals surface area (Å²) in [5.74, 6) is 0.0837. The van der Waals surface area contributed by atoms with Crippen LogP contribution >= 0.6 is 22.9 Å². The van der Waals surface area contributed by atoms with Crippen molar-refractivity contribution < 1.29 is 13.2 Å². The van der Waals surface area contributed by atoms with E-state index in [1.54, 1.807) is 12.1 Å². The summed E-state index contributed by atoms with van der Waals surface area (Å²) in [6.07, 6.45) is 1.36. The number of halogens is 1. The Bertz CT molecular complexity index is 957. The number of nitrogens with zero attached hydrogens (tertiary/aromatic N) is 2. The van der Waals surface area contributed by atoms with Gasteiger partial charge in [-0.25, -0.2) is 8.42 Å². The van der Waals surface area contributed by atoms with Gasteiger partial charge in [0, 0.05) is 38.6 Å². The van der Waals surface area contributed by atoms with Crippen LogP contribution in [0.1, 0.15) is 25.3 Å². The molecule has 1 aliphatic rings. The first-order valence-corrected chi connectivity index (χ1v) is 13.2. The molecule has 2 heterocycles. The Hall–Kier alpha value is -1.45. The summed E-state index contributed by atoms with van der Waals surface area (Å²) in [7, 11) is -1.46. The van der Waals surface area contributed by atoms with Crippen LogP contribution < -0.4 is 5.32 Å². The highest BCUT2D eigenvalue weighted by Gasteiger charge is 2.34. The predicted molar refractivity (Wildman–Crippen MR) is 126 cm³/mol. The summed E-state index contributed by atoms with van der Waals surface area (Å²) >= 11 is 6.97. The number of carbonyl (C=O) groups excluding carboxylic acids is 1. The van der Waals surface area contributed by atoms with Gasteiger partial charge in [-0.2, -0.15) is 4.31 Å². The first-order valence-electron chi connectivity index (χ1n) is 10.5. The molecule has 1 aliphatic heterocycles. The maximum absolute atomic E-state index is 12.7. The van der Waals surface area contributed by atoms with Crippen LogP contribution in [0.4, 0.5) is 0 Å². The van der Waals surface area contributed by atoms with E-state index in [4.69, 9.17) is 11.6 Å². The largest absolute Gasteiger partial charge is 0.355 e. The minimum Gasteiger partial charge on any atom is -0.355 e. The zero-order valence-electron chi connectivity index (χ0n) is 18.0. The second kappa shape index (κ2) is 10.9. The number of benzene rings is 1. The number of carbonyl (C=O) groups is 1. The van der Waals surface area contributed by atoms with Crippen molar-refractivity contribution in [2.75, 3.05) is 33.2 Å². The van der Waals surface area contributed by atoms with Crippen molar-refractivity contribution in [2.24, 2.45) is 11.8 Å². The van der Waals surface area contributed by atoms with E-state index in [9.17, 15) is 13.2 Å². The van der Waals surface area contributed by atoms with Gasteiger partial charge in [0.15, 0.2) is 0 Å². The Morgan fingerprint density at radius 2 is 1.90 bits per heavy atom. The Morgan fingerprint density at radius 3 is 2.52 bits per heavy atom. The van der Waals surface area contributed by atoms with Gasteiger partial charge in [-0.05, 0) is 43.5 Å². The molecule has 1 fully saturated rings. The number of amides is 1. The van der Waals surface area contributed by atoms with Crippen molar-refractivity contribution in [1.82, 2.24) is 14.5 Å². The van der Waals surface area contributed by atoms with E-state index < -0.39 is 10.0 Å². The molecule has 0 saturated carbocycles. The van der Waals surface area contributed by atoms with Crippen LogP contribution in [0.25, 0.3) is 0 Å². The van der Waals surface area contributed by atoms with Crippen LogP contribution in [0.3, 0.4) is 0 Å². The molecule has 9 heteroatoms. The maximum Gasteiger partial charge on any atom is 0.252 e. The lowest BCUT2D eigenvalue weighted by atomic mass is 9.85. The lowest BCUT2D eigenvalue weighted by Crippen LogP contribution is -2.43. The standard InChI is InChI=1S/C22H30ClN3O3S2/c1-17(22(27)24-12-15-25(2)16-18-6-4-3-5-7-18)19-10-13-26(14-11-19)31(28,29)21-9-8-20(23)30-21/h3-9,17,19H,10-16H2,1-2H3,(H,24,27)/t17-/m0/s1. The van der Waals surface area contributed by atoms with Crippen LogP contribution in [-0.2, 0) is 21.4 Å². The van der Waals surface area contributed by atoms with Crippen molar-refractivity contribution in [2.45, 2.75) is 30.5 Å². The lowest BCUT2D eigenvalue weighted by Gasteiger charge is -2.33. The molecule has 1 amide bonds. The van der Waals surface area contributed by atoms with Crippen LogP contribution in [0.2, 0.25) is 4.34 Å². The van der Waals surface area contributed by atoms with E-state index in [1.165, 1.54) is 9.87 Å². The molecule has 1 saturated heterocycles. The maximum atomic E-state index is 12.7. The summed E-state index contributed by atoms with van der Waals surface area (Å²) in [6, 6.07) is 13.4. The smallest absolute Gasteiger partial charge is 0.252 e. The predicted octanol–water partition coefficient (Wildman–Crippen LogP) is 3.69. The van der Waals surface area contributed by atoms with E-state index >= 15 is 0 Å². The van der Waals surface area contributed by atoms with Gasteiger partial charge >= 0.3 is 0 Å². The van der Waals surface area contributed by atoms with Gasteiger partial charge in [0.25, 0.3) is 10.0 Å². The summed E-state index contributed by atoms with van der Waals surface area (Å²) in [4.78, 5) is 14.8. The molecule has 1 N–H and O–H groups in total. The van der Waals surface area contributed by atoms with Gasteiger partial charge in [-0.3, -0.25) is 4.79 Å². The fraction of sp³-hybridized carbons (Fsp3) is 0.500. The number of piperidine rings is 1. The number of thiophene rings is 1. The summed E-state index contributed by atoms with van der Waals surface area (Å²) < 4.78 is 27.7. The second-order valence-electron chi connectivity index (χ2n) is 8.10. The first kappa shape index (κ1) is 24.2. The van der Waals surface area contributed by atoms with Gasteiger partial charge in [0.05, 0.1) is 4.34 Å². The highest BCUT2D eigenvalue weighted by atomic mass is 35.5. The van der Waals surface area contributed by atoms with Crippen molar-refractivity contribution in [3.8, 4) is 0 Å². The number of likely N-dealkylation sites (N-methyl/N-ethyl adjacent to an activating group) is 1. The molecule has 3 rings (SSSR count). The molecule has 0 spiro atoms. The second-order valence-corrected chi connectivity index (χ2v) is 12.0. The third-order valence-electron chi connectivity index (χ3n) is 5.85. The normalized spacial score (nSPS) is 17.0. The van der Waals surface area contributed by atoms with Crippen molar-refractivity contribution in [1.29, 1.82) is 0 Å². The molecule has 0 unspecified atom stereocenters. The Labute approximate surface area is 194 Å². The molecule has 170 valence electrons. The molecule has 0 aliphatic carbocycles. The summed E-state index contributed by atoms with van der Waals surface area (Å²) in [5.41, 5.74) is 1.25. The topological polar surface area (TPSA) is 69.7 Å². The van der Waals surface area contributed by atoms with E-state index in [1.807, 2.05) is 32.2 Å². The fourth-order valence-corrected chi connectivity index (χ4v) is 7.01. The van der Waals surface area contributed by atoms with Crippen molar-refractivity contribution in [3.63, 3.8) is 0 Å². The Kier molecular flexibility index (Phi) is 8.52. The average molecular weight is 484 g/mol. The number of sulfonamides is 1. The minimum atomic E-state index is -3.50. The number of hydrogen-bond acceptors (Lipinski definition) is 5. The van der Waals surface area contributed by atoms with Gasteiger partial charge in [-0.15, -0.1) is 11.3 Å². The zero-order valence-corrected chi connectivity index (χ0v) is 20.3. The Morgan fingerprint density at radius 1 is 1.23 bits per heavy atom. The molecule has 31 heavy (non-hydrogen) atoms. The molecule has 6 nitrogen and oxygen atoms in total. The third kappa shape index (κ3) is 6.52. The number of hydrogen-bond donors (Lipinski definition) is 1. The van der Waals surface area contributed by atoms with Gasteiger partial charge in [0.1, 0.15) is 4.21 Å². The van der Waals surface area contributed by atoms with Crippen molar-refractivity contribution >= 4 is 38.9 Å². The summed E-state index contributed by atoms with van der Waals surface area (Å²) in [6.45, 7) is 5.01. The molecular weight excluding hydrogens is 454 g/mol. The molecule has 2 aromatic rings. The monoisotopic (exact) mass is 483 g/mol. The Balaban J connectivity index is 1.41. The van der Waals surface area contributed by atoms with Crippen LogP contribution in [0.15, 0.2) is 46.7 Å². The van der Waals surface area contributed by atoms with Gasteiger partial charge in [-0.1, -0.05) is 48.9 Å². The van der Waals surface area contributed by atoms with Crippen molar-refractivity contribution in [3.05, 3.63) is 52.4 Å². The number of rotatable bonds is 9. The lowest BCUT2D eigenvalue weighted by molar-refractivity contribution is -0.126. The highest BCUT2D eigenvalue weighted by molar-refractivity contribution is 7.91. The van der Waals surface area contributed by atoms with E-state index in [0.717, 1.165) is 24.4 Å². The minimum absolute atomic E-state index is 0.0412. The zero-order chi connectivity index (χ0) is 22.4. The molecule has 1 aromatic heterocycles. The fourth-order valence-electron chi connectivity index (χ4n) is 3.90. The molecule has 0 bridgehead atoms. The molecule has 0 radical (unpaired) electrons. The highest BCUT2D eigenvalue weighted by Crippen LogP contribution is 2.32. The van der Waals surface area contributed by atoms with E-state index in [2.05, 4.69) is 22.3 Å². The summed E-state index contributed by atoms with van der Waals surface area (Å²) in [5, 5.41) is 3.04. The molecule has 1 atom stereocenters. The van der Waals surface area contributed by atoms with E-state index in [0.29, 0.717) is 36.8 Å². The quantitative estimate of drug-likeness (QED) is 0.590. The first-order chi connectivity index (χ1) is 14.8. The van der Waals surface area contributed by atoms with Crippen LogP contribution in [0, 0.1) is 11.8 Å². The molecular formula is C22H30ClN3O3S2. The van der Waals surface area contributed by atoms with E-state index in [-0.39, 0.29) is 22.0 Å². The van der Waals surface area contributed by atoms with Crippen LogP contribution in [-0.4, -0.2) is 56.8 Å². The number of nitrogens with one attached hydrogen (secondary N) is 1. The van der Waals surface area contributed by atoms with Crippen LogP contribution in [0.5, 0.6) is 0 Å². The third-order valence-corrected chi connectivity index (χ3v) is 9.45. The molecule has 1 aromatic carbocycles. The van der Waals surface area contributed by atoms with Gasteiger partial charge in [0.2, 0.25) is 5.91 Å².